The molecule has 206 valence electrons. The molecule has 0 aliphatic heterocycles. The SMILES string of the molecule is CC(O)[c-]1cccc1P(c1ccccc1)c1ccccc1.[Fe].c1ccc(P(c2ccccc2)[c-]2[cH-][cH-][cH-][cH-]2)cc1. The summed E-state index contributed by atoms with van der Waals surface area (Å²) in [5.74, 6) is 0. The monoisotopic (exact) mass is 598 g/mol. The van der Waals surface area contributed by atoms with Gasteiger partial charge in [0, 0.05) is 23.2 Å². The van der Waals surface area contributed by atoms with Crippen molar-refractivity contribution in [2.45, 2.75) is 13.0 Å². The van der Waals surface area contributed by atoms with E-state index in [2.05, 4.69) is 140 Å². The number of hydrogen-bond donors (Lipinski definition) is 1. The molecule has 0 amide bonds. The number of aliphatic hydroxyl groups is 1. The van der Waals surface area contributed by atoms with Crippen LogP contribution in [0.2, 0.25) is 0 Å². The van der Waals surface area contributed by atoms with Gasteiger partial charge in [0.05, 0.1) is 0 Å². The van der Waals surface area contributed by atoms with Crippen molar-refractivity contribution in [3.05, 3.63) is 169 Å². The maximum atomic E-state index is 10.0. The molecule has 0 saturated carbocycles. The standard InChI is InChI=1S/C19H18OP.C17H14P.Fe/c1-15(20)18-13-8-14-19(18)21(16-9-4-2-5-10-16)17-11-6-3-7-12-17;1-3-9-15(10-4-1)18(17-13-7-8-14-17)16-11-5-2-6-12-16;/h2-15,20H,1H3;1-14H;/q-1;-5;. The summed E-state index contributed by atoms with van der Waals surface area (Å²) in [6.07, 6.45) is -0.438. The first kappa shape index (κ1) is 29.9. The Hall–Kier alpha value is -3.08. The first-order chi connectivity index (χ1) is 19.2. The van der Waals surface area contributed by atoms with Gasteiger partial charge in [-0.15, -0.1) is 10.9 Å². The van der Waals surface area contributed by atoms with Crippen LogP contribution in [0.5, 0.6) is 0 Å². The molecule has 1 nitrogen and oxygen atoms in total. The Morgan fingerprint density at radius 1 is 0.575 bits per heavy atom. The summed E-state index contributed by atoms with van der Waals surface area (Å²) in [6, 6.07) is 57.6. The first-order valence-corrected chi connectivity index (χ1v) is 15.9. The smallest absolute Gasteiger partial charge is 0.0328 e. The fourth-order valence-electron chi connectivity index (χ4n) is 4.68. The fraction of sp³-hybridized carbons (Fsp3) is 0.0556. The summed E-state index contributed by atoms with van der Waals surface area (Å²) < 4.78 is 0. The Kier molecular flexibility index (Phi) is 11.3. The molecular formula is C36H32FeOP2-6. The second-order valence-electron chi connectivity index (χ2n) is 9.20. The average molecular weight is 598 g/mol. The first-order valence-electron chi connectivity index (χ1n) is 13.2. The van der Waals surface area contributed by atoms with Gasteiger partial charge in [0.1, 0.15) is 0 Å². The molecule has 6 rings (SSSR count). The Morgan fingerprint density at radius 2 is 0.975 bits per heavy atom. The van der Waals surface area contributed by atoms with E-state index in [4.69, 9.17) is 0 Å². The van der Waals surface area contributed by atoms with E-state index >= 15 is 0 Å². The Morgan fingerprint density at radius 3 is 1.38 bits per heavy atom. The molecule has 6 aromatic carbocycles. The zero-order valence-corrected chi connectivity index (χ0v) is 25.3. The molecule has 6 aromatic rings. The molecule has 0 fully saturated rings. The van der Waals surface area contributed by atoms with Crippen molar-refractivity contribution in [2.75, 3.05) is 0 Å². The van der Waals surface area contributed by atoms with Crippen molar-refractivity contribution in [1.29, 1.82) is 0 Å². The molecule has 1 unspecified atom stereocenters. The zero-order valence-electron chi connectivity index (χ0n) is 22.4. The third-order valence-electron chi connectivity index (χ3n) is 6.48. The van der Waals surface area contributed by atoms with Gasteiger partial charge in [-0.1, -0.05) is 132 Å². The predicted molar refractivity (Wildman–Crippen MR) is 172 cm³/mol. The Labute approximate surface area is 251 Å². The molecule has 0 aliphatic carbocycles. The fourth-order valence-corrected chi connectivity index (χ4v) is 9.53. The Bertz CT molecular complexity index is 1430. The molecule has 0 heterocycles. The second-order valence-corrected chi connectivity index (χ2v) is 13.6. The van der Waals surface area contributed by atoms with Crippen LogP contribution in [-0.2, 0) is 17.1 Å². The number of benzene rings is 4. The van der Waals surface area contributed by atoms with Crippen LogP contribution < -0.4 is 31.8 Å². The van der Waals surface area contributed by atoms with E-state index in [1.54, 1.807) is 0 Å². The van der Waals surface area contributed by atoms with Crippen molar-refractivity contribution in [3.63, 3.8) is 0 Å². The van der Waals surface area contributed by atoms with Crippen molar-refractivity contribution >= 4 is 47.7 Å². The third kappa shape index (κ3) is 7.35. The molecule has 1 atom stereocenters. The minimum Gasteiger partial charge on any atom is -0.747 e. The number of aliphatic hydroxyl groups excluding tert-OH is 1. The minimum absolute atomic E-state index is 0. The van der Waals surface area contributed by atoms with Crippen LogP contribution in [-0.4, -0.2) is 5.11 Å². The van der Waals surface area contributed by atoms with Crippen LogP contribution in [0.4, 0.5) is 0 Å². The van der Waals surface area contributed by atoms with E-state index in [-0.39, 0.29) is 17.1 Å². The van der Waals surface area contributed by atoms with Crippen LogP contribution in [0, 0.1) is 0 Å². The summed E-state index contributed by atoms with van der Waals surface area (Å²) in [4.78, 5) is 0. The molecule has 40 heavy (non-hydrogen) atoms. The zero-order chi connectivity index (χ0) is 26.9. The van der Waals surface area contributed by atoms with Crippen LogP contribution in [0.1, 0.15) is 18.6 Å². The van der Waals surface area contributed by atoms with E-state index in [1.807, 2.05) is 31.2 Å². The van der Waals surface area contributed by atoms with E-state index in [0.29, 0.717) is 0 Å². The molecule has 1 N–H and O–H groups in total. The van der Waals surface area contributed by atoms with Crippen LogP contribution in [0.15, 0.2) is 164 Å². The molecule has 0 spiro atoms. The Balaban J connectivity index is 0.000000182. The quantitative estimate of drug-likeness (QED) is 0.129. The van der Waals surface area contributed by atoms with Gasteiger partial charge in [-0.2, -0.15) is 6.07 Å². The van der Waals surface area contributed by atoms with E-state index in [9.17, 15) is 5.11 Å². The van der Waals surface area contributed by atoms with Gasteiger partial charge in [0.2, 0.25) is 0 Å². The van der Waals surface area contributed by atoms with Gasteiger partial charge in [0.15, 0.2) is 0 Å². The van der Waals surface area contributed by atoms with Crippen molar-refractivity contribution in [3.8, 4) is 0 Å². The van der Waals surface area contributed by atoms with E-state index in [1.165, 1.54) is 31.8 Å². The van der Waals surface area contributed by atoms with Crippen LogP contribution in [0.3, 0.4) is 0 Å². The van der Waals surface area contributed by atoms with Crippen molar-refractivity contribution in [1.82, 2.24) is 0 Å². The molecule has 0 aromatic heterocycles. The summed E-state index contributed by atoms with van der Waals surface area (Å²) in [5.41, 5.74) is 1.04. The summed E-state index contributed by atoms with van der Waals surface area (Å²) in [7, 11) is -1.03. The topological polar surface area (TPSA) is 20.2 Å². The van der Waals surface area contributed by atoms with E-state index in [0.717, 1.165) is 5.56 Å². The summed E-state index contributed by atoms with van der Waals surface area (Å²) >= 11 is 0. The van der Waals surface area contributed by atoms with E-state index < -0.39 is 21.9 Å². The predicted octanol–water partition coefficient (Wildman–Crippen LogP) is 6.38. The molecule has 0 saturated heterocycles. The van der Waals surface area contributed by atoms with Crippen LogP contribution in [0.25, 0.3) is 0 Å². The van der Waals surface area contributed by atoms with Crippen LogP contribution >= 0.6 is 15.8 Å². The third-order valence-corrected chi connectivity index (χ3v) is 11.4. The van der Waals surface area contributed by atoms with Crippen molar-refractivity contribution < 1.29 is 22.2 Å². The molecule has 4 heteroatoms. The van der Waals surface area contributed by atoms with Gasteiger partial charge in [0.25, 0.3) is 0 Å². The number of rotatable bonds is 7. The second kappa shape index (κ2) is 15.1. The molecule has 0 bridgehead atoms. The van der Waals surface area contributed by atoms with Gasteiger partial charge in [-0.25, -0.2) is 20.1 Å². The molecule has 0 radical (unpaired) electrons. The number of hydrogen-bond acceptors (Lipinski definition) is 1. The summed E-state index contributed by atoms with van der Waals surface area (Å²) in [5, 5.41) is 18.2. The van der Waals surface area contributed by atoms with Gasteiger partial charge in [-0.05, 0) is 25.5 Å². The average Bonchev–Trinajstić information content (AvgIpc) is 3.70. The van der Waals surface area contributed by atoms with Gasteiger partial charge >= 0.3 is 0 Å². The molecular weight excluding hydrogens is 566 g/mol. The maximum Gasteiger partial charge on any atom is 0.0328 e. The van der Waals surface area contributed by atoms with Gasteiger partial charge in [-0.3, -0.25) is 0 Å². The maximum absolute atomic E-state index is 10.0. The summed E-state index contributed by atoms with van der Waals surface area (Å²) in [6.45, 7) is 1.84. The van der Waals surface area contributed by atoms with Crippen molar-refractivity contribution in [2.24, 2.45) is 0 Å². The minimum atomic E-state index is -0.622. The van der Waals surface area contributed by atoms with Gasteiger partial charge < -0.3 is 34.7 Å². The molecule has 0 aliphatic rings. The largest absolute Gasteiger partial charge is 0.747 e. The normalized spacial score (nSPS) is 11.4.